The summed E-state index contributed by atoms with van der Waals surface area (Å²) < 4.78 is 20.1. The van der Waals surface area contributed by atoms with Gasteiger partial charge in [-0.15, -0.1) is 5.10 Å². The number of anilines is 1. The van der Waals surface area contributed by atoms with E-state index < -0.39 is 5.91 Å². The number of rotatable bonds is 5. The monoisotopic (exact) mass is 456 g/mol. The zero-order chi connectivity index (χ0) is 22.0. The van der Waals surface area contributed by atoms with Crippen LogP contribution in [0.2, 0.25) is 10.0 Å². The molecule has 0 spiro atoms. The van der Waals surface area contributed by atoms with Crippen LogP contribution in [0.15, 0.2) is 66.7 Å². The van der Waals surface area contributed by atoms with Crippen LogP contribution in [0.5, 0.6) is 5.75 Å². The fourth-order valence-corrected chi connectivity index (χ4v) is 3.16. The maximum absolute atomic E-state index is 13.4. The second-order valence-electron chi connectivity index (χ2n) is 6.46. The summed E-state index contributed by atoms with van der Waals surface area (Å²) in [5.41, 5.74) is 1.70. The van der Waals surface area contributed by atoms with Crippen molar-refractivity contribution >= 4 is 34.8 Å². The van der Waals surface area contributed by atoms with E-state index in [4.69, 9.17) is 27.9 Å². The summed E-state index contributed by atoms with van der Waals surface area (Å²) >= 11 is 11.9. The van der Waals surface area contributed by atoms with Crippen molar-refractivity contribution in [1.82, 2.24) is 14.8 Å². The molecular weight excluding hydrogens is 442 g/mol. The zero-order valence-electron chi connectivity index (χ0n) is 16.1. The molecule has 1 aromatic heterocycles. The highest BCUT2D eigenvalue weighted by atomic mass is 35.5. The number of benzene rings is 3. The summed E-state index contributed by atoms with van der Waals surface area (Å²) in [6.45, 7) is 0. The van der Waals surface area contributed by atoms with Gasteiger partial charge < -0.3 is 10.1 Å². The number of hydrogen-bond donors (Lipinski definition) is 1. The molecule has 0 aliphatic rings. The van der Waals surface area contributed by atoms with Gasteiger partial charge in [0.2, 0.25) is 5.82 Å². The Bertz CT molecular complexity index is 1240. The van der Waals surface area contributed by atoms with E-state index in [1.54, 1.807) is 55.6 Å². The second-order valence-corrected chi connectivity index (χ2v) is 7.27. The van der Waals surface area contributed by atoms with Crippen LogP contribution in [0, 0.1) is 5.82 Å². The van der Waals surface area contributed by atoms with E-state index in [0.717, 1.165) is 0 Å². The van der Waals surface area contributed by atoms with Crippen LogP contribution < -0.4 is 10.1 Å². The Balaban J connectivity index is 1.73. The van der Waals surface area contributed by atoms with Gasteiger partial charge in [0, 0.05) is 11.3 Å². The molecule has 0 saturated carbocycles. The van der Waals surface area contributed by atoms with Crippen molar-refractivity contribution in [3.05, 3.63) is 88.4 Å². The molecule has 1 N–H and O–H groups in total. The molecule has 1 heterocycles. The van der Waals surface area contributed by atoms with Crippen LogP contribution in [0.1, 0.15) is 10.6 Å². The summed E-state index contributed by atoms with van der Waals surface area (Å²) in [5, 5.41) is 7.75. The summed E-state index contributed by atoms with van der Waals surface area (Å²) in [6.07, 6.45) is 0. The van der Waals surface area contributed by atoms with Crippen LogP contribution in [0.3, 0.4) is 0 Å². The van der Waals surface area contributed by atoms with Gasteiger partial charge in [-0.05, 0) is 66.7 Å². The lowest BCUT2D eigenvalue weighted by atomic mass is 10.2. The predicted molar refractivity (Wildman–Crippen MR) is 118 cm³/mol. The van der Waals surface area contributed by atoms with E-state index in [2.05, 4.69) is 15.4 Å². The molecule has 6 nitrogen and oxygen atoms in total. The Hall–Kier alpha value is -3.42. The fraction of sp³-hybridized carbons (Fsp3) is 0.0455. The van der Waals surface area contributed by atoms with E-state index in [9.17, 15) is 9.18 Å². The highest BCUT2D eigenvalue weighted by molar-refractivity contribution is 6.42. The highest BCUT2D eigenvalue weighted by Gasteiger charge is 2.19. The first-order chi connectivity index (χ1) is 14.9. The predicted octanol–water partition coefficient (Wildman–Crippen LogP) is 5.64. The van der Waals surface area contributed by atoms with E-state index >= 15 is 0 Å². The normalized spacial score (nSPS) is 10.7. The Morgan fingerprint density at radius 1 is 1.00 bits per heavy atom. The van der Waals surface area contributed by atoms with Gasteiger partial charge >= 0.3 is 0 Å². The molecule has 0 aliphatic heterocycles. The minimum Gasteiger partial charge on any atom is -0.497 e. The molecule has 4 aromatic rings. The maximum atomic E-state index is 13.4. The van der Waals surface area contributed by atoms with Crippen molar-refractivity contribution in [2.24, 2.45) is 0 Å². The van der Waals surface area contributed by atoms with Crippen molar-refractivity contribution in [2.45, 2.75) is 0 Å². The average Bonchev–Trinajstić information content (AvgIpc) is 3.22. The number of methoxy groups -OCH3 is 1. The molecule has 1 amide bonds. The van der Waals surface area contributed by atoms with Gasteiger partial charge in [-0.2, -0.15) is 0 Å². The van der Waals surface area contributed by atoms with Crippen LogP contribution in [0.4, 0.5) is 10.1 Å². The highest BCUT2D eigenvalue weighted by Crippen LogP contribution is 2.26. The molecule has 31 heavy (non-hydrogen) atoms. The van der Waals surface area contributed by atoms with Crippen molar-refractivity contribution in [3.63, 3.8) is 0 Å². The lowest BCUT2D eigenvalue weighted by Gasteiger charge is -2.07. The zero-order valence-corrected chi connectivity index (χ0v) is 17.7. The summed E-state index contributed by atoms with van der Waals surface area (Å²) in [7, 11) is 1.57. The first-order valence-electron chi connectivity index (χ1n) is 9.08. The van der Waals surface area contributed by atoms with Crippen LogP contribution in [-0.2, 0) is 0 Å². The Labute approximate surface area is 187 Å². The van der Waals surface area contributed by atoms with E-state index in [1.807, 2.05) is 0 Å². The van der Waals surface area contributed by atoms with Crippen molar-refractivity contribution in [2.75, 3.05) is 12.4 Å². The standard InChI is InChI=1S/C22H15Cl2FN4O2/c1-31-17-9-7-16(8-10-17)29-21(13-2-4-14(25)5-3-13)27-20(28-29)22(30)26-15-6-11-18(23)19(24)12-15/h2-12H,1H3,(H,26,30). The number of aromatic nitrogens is 3. The number of halogens is 3. The Kier molecular flexibility index (Phi) is 5.88. The number of ether oxygens (including phenoxy) is 1. The molecule has 0 saturated heterocycles. The van der Waals surface area contributed by atoms with Gasteiger partial charge in [0.15, 0.2) is 5.82 Å². The smallest absolute Gasteiger partial charge is 0.295 e. The first kappa shape index (κ1) is 20.8. The van der Waals surface area contributed by atoms with Gasteiger partial charge in [-0.3, -0.25) is 4.79 Å². The third-order valence-corrected chi connectivity index (χ3v) is 5.15. The first-order valence-corrected chi connectivity index (χ1v) is 9.84. The SMILES string of the molecule is COc1ccc(-n2nc(C(=O)Nc3ccc(Cl)c(Cl)c3)nc2-c2ccc(F)cc2)cc1. The molecule has 0 bridgehead atoms. The van der Waals surface area contributed by atoms with Gasteiger partial charge in [0.1, 0.15) is 11.6 Å². The Morgan fingerprint density at radius 2 is 1.71 bits per heavy atom. The van der Waals surface area contributed by atoms with Crippen molar-refractivity contribution < 1.29 is 13.9 Å². The molecular formula is C22H15Cl2FN4O2. The molecule has 0 fully saturated rings. The van der Waals surface area contributed by atoms with Gasteiger partial charge in [0.25, 0.3) is 5.91 Å². The van der Waals surface area contributed by atoms with Gasteiger partial charge in [-0.1, -0.05) is 23.2 Å². The summed E-state index contributed by atoms with van der Waals surface area (Å²) in [5.74, 6) is 0.0707. The third kappa shape index (κ3) is 4.52. The molecule has 4 rings (SSSR count). The molecule has 3 aromatic carbocycles. The molecule has 0 aliphatic carbocycles. The minimum atomic E-state index is -0.533. The molecule has 0 atom stereocenters. The van der Waals surface area contributed by atoms with E-state index in [1.165, 1.54) is 22.9 Å². The Morgan fingerprint density at radius 3 is 2.35 bits per heavy atom. The average molecular weight is 457 g/mol. The fourth-order valence-electron chi connectivity index (χ4n) is 2.86. The second kappa shape index (κ2) is 8.75. The van der Waals surface area contributed by atoms with E-state index in [-0.39, 0.29) is 11.6 Å². The number of nitrogens with zero attached hydrogens (tertiary/aromatic N) is 3. The number of nitrogens with one attached hydrogen (secondary N) is 1. The number of carbonyl (C=O) groups is 1. The third-order valence-electron chi connectivity index (χ3n) is 4.41. The molecule has 0 unspecified atom stereocenters. The quantitative estimate of drug-likeness (QED) is 0.421. The van der Waals surface area contributed by atoms with E-state index in [0.29, 0.717) is 38.6 Å². The minimum absolute atomic E-state index is 0.0683. The summed E-state index contributed by atoms with van der Waals surface area (Å²) in [6, 6.07) is 17.6. The number of hydrogen-bond acceptors (Lipinski definition) is 4. The van der Waals surface area contributed by atoms with Crippen LogP contribution >= 0.6 is 23.2 Å². The van der Waals surface area contributed by atoms with Gasteiger partial charge in [-0.25, -0.2) is 14.1 Å². The molecule has 0 radical (unpaired) electrons. The molecule has 9 heteroatoms. The van der Waals surface area contributed by atoms with Crippen molar-refractivity contribution in [3.8, 4) is 22.8 Å². The lowest BCUT2D eigenvalue weighted by Crippen LogP contribution is -2.14. The lowest BCUT2D eigenvalue weighted by molar-refractivity contribution is 0.101. The molecule has 156 valence electrons. The van der Waals surface area contributed by atoms with Gasteiger partial charge in [0.05, 0.1) is 22.8 Å². The van der Waals surface area contributed by atoms with Crippen molar-refractivity contribution in [1.29, 1.82) is 0 Å². The largest absolute Gasteiger partial charge is 0.497 e. The van der Waals surface area contributed by atoms with Crippen LogP contribution in [0.25, 0.3) is 17.1 Å². The topological polar surface area (TPSA) is 69.0 Å². The number of carbonyl (C=O) groups excluding carboxylic acids is 1. The number of amides is 1. The summed E-state index contributed by atoms with van der Waals surface area (Å²) in [4.78, 5) is 17.2. The van der Waals surface area contributed by atoms with Crippen LogP contribution in [-0.4, -0.2) is 27.8 Å². The maximum Gasteiger partial charge on any atom is 0.295 e.